The van der Waals surface area contributed by atoms with Crippen molar-refractivity contribution in [3.05, 3.63) is 88.6 Å². The van der Waals surface area contributed by atoms with Crippen molar-refractivity contribution in [1.29, 1.82) is 0 Å². The van der Waals surface area contributed by atoms with Gasteiger partial charge in [-0.1, -0.05) is 30.3 Å². The van der Waals surface area contributed by atoms with Gasteiger partial charge >= 0.3 is 0 Å². The minimum absolute atomic E-state index is 0.178. The first-order valence-corrected chi connectivity index (χ1v) is 11.9. The third kappa shape index (κ3) is 6.28. The Morgan fingerprint density at radius 2 is 1.70 bits per heavy atom. The molecule has 0 radical (unpaired) electrons. The number of amides is 3. The van der Waals surface area contributed by atoms with Crippen molar-refractivity contribution in [1.82, 2.24) is 4.90 Å². The largest absolute Gasteiger partial charge is 0.495 e. The summed E-state index contributed by atoms with van der Waals surface area (Å²) in [6.45, 7) is -0.217. The lowest BCUT2D eigenvalue weighted by atomic mass is 10.1. The summed E-state index contributed by atoms with van der Waals surface area (Å²) in [7, 11) is 2.96. The van der Waals surface area contributed by atoms with Crippen LogP contribution in [0.25, 0.3) is 6.08 Å². The molecule has 3 aromatic carbocycles. The van der Waals surface area contributed by atoms with Crippen molar-refractivity contribution >= 4 is 40.6 Å². The number of rotatable bonds is 9. The molecule has 0 saturated carbocycles. The number of carbonyl (C=O) groups excluding carboxylic acids is 3. The van der Waals surface area contributed by atoms with E-state index in [-0.39, 0.29) is 17.3 Å². The van der Waals surface area contributed by atoms with E-state index in [9.17, 15) is 18.8 Å². The minimum atomic E-state index is -0.569. The third-order valence-electron chi connectivity index (χ3n) is 5.35. The van der Waals surface area contributed by atoms with Gasteiger partial charge in [0, 0.05) is 0 Å². The van der Waals surface area contributed by atoms with Crippen molar-refractivity contribution in [2.24, 2.45) is 0 Å². The van der Waals surface area contributed by atoms with Gasteiger partial charge in [0.1, 0.15) is 24.7 Å². The zero-order valence-corrected chi connectivity index (χ0v) is 20.8. The molecule has 1 aliphatic rings. The Bertz CT molecular complexity index is 1360. The number of imide groups is 1. The molecular weight excluding hydrogens is 499 g/mol. The number of halogens is 1. The van der Waals surface area contributed by atoms with E-state index in [2.05, 4.69) is 5.32 Å². The Balaban J connectivity index is 1.43. The molecule has 0 spiro atoms. The number of methoxy groups -OCH3 is 2. The molecule has 8 nitrogen and oxygen atoms in total. The SMILES string of the molecule is COc1ccccc1NC(=O)CN1C(=O)S/C(=C\c2ccc(OCc3ccc(F)cc3)c(OC)c2)C1=O. The number of hydrogen-bond donors (Lipinski definition) is 1. The number of anilines is 1. The number of ether oxygens (including phenoxy) is 3. The fourth-order valence-electron chi connectivity index (χ4n) is 3.50. The average Bonchev–Trinajstić information content (AvgIpc) is 3.16. The second kappa shape index (κ2) is 11.6. The van der Waals surface area contributed by atoms with E-state index in [4.69, 9.17) is 14.2 Å². The first kappa shape index (κ1) is 25.8. The topological polar surface area (TPSA) is 94.2 Å². The molecule has 1 fully saturated rings. The van der Waals surface area contributed by atoms with Gasteiger partial charge in [-0.25, -0.2) is 4.39 Å². The van der Waals surface area contributed by atoms with Crippen LogP contribution in [0.4, 0.5) is 14.9 Å². The van der Waals surface area contributed by atoms with Gasteiger partial charge in [0.15, 0.2) is 11.5 Å². The lowest BCUT2D eigenvalue weighted by Crippen LogP contribution is -2.36. The van der Waals surface area contributed by atoms with Gasteiger partial charge < -0.3 is 19.5 Å². The van der Waals surface area contributed by atoms with Crippen LogP contribution in [0.1, 0.15) is 11.1 Å². The molecule has 0 aliphatic carbocycles. The summed E-state index contributed by atoms with van der Waals surface area (Å²) >= 11 is 0.750. The number of para-hydroxylation sites is 2. The van der Waals surface area contributed by atoms with Crippen molar-refractivity contribution < 1.29 is 33.0 Å². The Hall–Kier alpha value is -4.31. The van der Waals surface area contributed by atoms with Gasteiger partial charge in [-0.3, -0.25) is 19.3 Å². The second-order valence-electron chi connectivity index (χ2n) is 7.84. The maximum absolute atomic E-state index is 13.1. The van der Waals surface area contributed by atoms with Crippen LogP contribution >= 0.6 is 11.8 Å². The van der Waals surface area contributed by atoms with Crippen LogP contribution in [0.2, 0.25) is 0 Å². The van der Waals surface area contributed by atoms with Crippen LogP contribution in [0, 0.1) is 5.82 Å². The number of thioether (sulfide) groups is 1. The Morgan fingerprint density at radius 3 is 2.43 bits per heavy atom. The summed E-state index contributed by atoms with van der Waals surface area (Å²) in [5.74, 6) is -0.0781. The predicted octanol–water partition coefficient (Wildman–Crippen LogP) is 5.10. The lowest BCUT2D eigenvalue weighted by Gasteiger charge is -2.14. The van der Waals surface area contributed by atoms with Crippen LogP contribution in [0.3, 0.4) is 0 Å². The maximum atomic E-state index is 13.1. The van der Waals surface area contributed by atoms with E-state index in [1.54, 1.807) is 60.7 Å². The van der Waals surface area contributed by atoms with Gasteiger partial charge in [0.05, 0.1) is 24.8 Å². The third-order valence-corrected chi connectivity index (χ3v) is 6.26. The molecule has 1 N–H and O–H groups in total. The standard InChI is InChI=1S/C27H23FN2O6S/c1-34-21-6-4-3-5-20(21)29-25(31)15-30-26(32)24(37-27(30)33)14-18-9-12-22(23(13-18)35-2)36-16-17-7-10-19(28)11-8-17/h3-14H,15-16H2,1-2H3,(H,29,31)/b24-14-. The van der Waals surface area contributed by atoms with Crippen LogP contribution < -0.4 is 19.5 Å². The molecule has 0 bridgehead atoms. The molecular formula is C27H23FN2O6S. The molecule has 190 valence electrons. The fraction of sp³-hybridized carbons (Fsp3) is 0.148. The van der Waals surface area contributed by atoms with Gasteiger partial charge in [-0.2, -0.15) is 0 Å². The van der Waals surface area contributed by atoms with Gasteiger partial charge in [0.25, 0.3) is 11.1 Å². The van der Waals surface area contributed by atoms with Crippen molar-refractivity contribution in [3.63, 3.8) is 0 Å². The highest BCUT2D eigenvalue weighted by molar-refractivity contribution is 8.18. The van der Waals surface area contributed by atoms with Crippen LogP contribution in [-0.2, 0) is 16.2 Å². The normalized spacial score (nSPS) is 14.1. The molecule has 37 heavy (non-hydrogen) atoms. The van der Waals surface area contributed by atoms with Gasteiger partial charge in [0.2, 0.25) is 5.91 Å². The zero-order valence-electron chi connectivity index (χ0n) is 20.0. The van der Waals surface area contributed by atoms with E-state index in [1.165, 1.54) is 26.4 Å². The molecule has 0 atom stereocenters. The molecule has 4 rings (SSSR count). The molecule has 1 heterocycles. The number of carbonyl (C=O) groups is 3. The summed E-state index contributed by atoms with van der Waals surface area (Å²) in [5.41, 5.74) is 1.83. The maximum Gasteiger partial charge on any atom is 0.294 e. The Labute approximate surface area is 217 Å². The first-order chi connectivity index (χ1) is 17.9. The van der Waals surface area contributed by atoms with E-state index in [0.29, 0.717) is 28.5 Å². The summed E-state index contributed by atoms with van der Waals surface area (Å²) in [5, 5.41) is 2.11. The molecule has 0 unspecified atom stereocenters. The zero-order chi connectivity index (χ0) is 26.4. The fourth-order valence-corrected chi connectivity index (χ4v) is 4.34. The quantitative estimate of drug-likeness (QED) is 0.391. The highest BCUT2D eigenvalue weighted by Gasteiger charge is 2.36. The molecule has 10 heteroatoms. The highest BCUT2D eigenvalue weighted by Crippen LogP contribution is 2.35. The van der Waals surface area contributed by atoms with Crippen molar-refractivity contribution in [3.8, 4) is 17.2 Å². The van der Waals surface area contributed by atoms with E-state index in [1.807, 2.05) is 0 Å². The first-order valence-electron chi connectivity index (χ1n) is 11.1. The van der Waals surface area contributed by atoms with Crippen molar-refractivity contribution in [2.75, 3.05) is 26.1 Å². The number of nitrogens with one attached hydrogen (secondary N) is 1. The number of hydrogen-bond acceptors (Lipinski definition) is 7. The Morgan fingerprint density at radius 1 is 0.973 bits per heavy atom. The lowest BCUT2D eigenvalue weighted by molar-refractivity contribution is -0.127. The molecule has 3 amide bonds. The monoisotopic (exact) mass is 522 g/mol. The summed E-state index contributed by atoms with van der Waals surface area (Å²) in [6, 6.07) is 17.9. The van der Waals surface area contributed by atoms with E-state index in [0.717, 1.165) is 22.2 Å². The van der Waals surface area contributed by atoms with E-state index >= 15 is 0 Å². The summed E-state index contributed by atoms with van der Waals surface area (Å²) in [6.07, 6.45) is 1.55. The van der Waals surface area contributed by atoms with Gasteiger partial charge in [-0.05, 0) is 65.4 Å². The smallest absolute Gasteiger partial charge is 0.294 e. The second-order valence-corrected chi connectivity index (χ2v) is 8.83. The molecule has 1 saturated heterocycles. The summed E-state index contributed by atoms with van der Waals surface area (Å²) < 4.78 is 29.5. The Kier molecular flexibility index (Phi) is 8.09. The average molecular weight is 523 g/mol. The van der Waals surface area contributed by atoms with Crippen LogP contribution in [-0.4, -0.2) is 42.7 Å². The van der Waals surface area contributed by atoms with Crippen LogP contribution in [0.5, 0.6) is 17.2 Å². The van der Waals surface area contributed by atoms with E-state index < -0.39 is 23.6 Å². The predicted molar refractivity (Wildman–Crippen MR) is 138 cm³/mol. The molecule has 0 aromatic heterocycles. The highest BCUT2D eigenvalue weighted by atomic mass is 32.2. The summed E-state index contributed by atoms with van der Waals surface area (Å²) in [4.78, 5) is 38.9. The van der Waals surface area contributed by atoms with Gasteiger partial charge in [-0.15, -0.1) is 0 Å². The number of nitrogens with zero attached hydrogens (tertiary/aromatic N) is 1. The van der Waals surface area contributed by atoms with Crippen LogP contribution in [0.15, 0.2) is 71.6 Å². The van der Waals surface area contributed by atoms with Crippen molar-refractivity contribution in [2.45, 2.75) is 6.61 Å². The minimum Gasteiger partial charge on any atom is -0.495 e. The number of benzene rings is 3. The molecule has 1 aliphatic heterocycles. The molecule has 3 aromatic rings.